The number of benzene rings is 2. The Morgan fingerprint density at radius 2 is 1.69 bits per heavy atom. The predicted molar refractivity (Wildman–Crippen MR) is 100 cm³/mol. The van der Waals surface area contributed by atoms with Crippen LogP contribution in [0.2, 0.25) is 0 Å². The SMILES string of the molecule is O=C(Cc1n[nH]c(=O)c2ccccc12)NCc1ccc(COCC(F)(F)F)cc1. The molecule has 3 rings (SSSR count). The summed E-state index contributed by atoms with van der Waals surface area (Å²) in [7, 11) is 0. The summed E-state index contributed by atoms with van der Waals surface area (Å²) in [5.74, 6) is -0.271. The van der Waals surface area contributed by atoms with Gasteiger partial charge in [0.25, 0.3) is 5.56 Å². The highest BCUT2D eigenvalue weighted by Gasteiger charge is 2.27. The minimum atomic E-state index is -4.35. The summed E-state index contributed by atoms with van der Waals surface area (Å²) in [5, 5.41) is 10.2. The zero-order valence-corrected chi connectivity index (χ0v) is 15.3. The molecule has 1 amide bonds. The van der Waals surface area contributed by atoms with Crippen molar-refractivity contribution in [3.63, 3.8) is 0 Å². The van der Waals surface area contributed by atoms with Crippen molar-refractivity contribution in [1.82, 2.24) is 15.5 Å². The number of rotatable bonds is 7. The van der Waals surface area contributed by atoms with E-state index in [1.165, 1.54) is 0 Å². The van der Waals surface area contributed by atoms with Crippen molar-refractivity contribution < 1.29 is 22.7 Å². The number of alkyl halides is 3. The fourth-order valence-corrected chi connectivity index (χ4v) is 2.76. The molecule has 9 heteroatoms. The molecule has 0 unspecified atom stereocenters. The molecule has 29 heavy (non-hydrogen) atoms. The Balaban J connectivity index is 1.54. The van der Waals surface area contributed by atoms with Crippen LogP contribution in [0.1, 0.15) is 16.8 Å². The highest BCUT2D eigenvalue weighted by molar-refractivity contribution is 5.88. The first-order valence-corrected chi connectivity index (χ1v) is 8.77. The Bertz CT molecular complexity index is 1050. The smallest absolute Gasteiger partial charge is 0.367 e. The third-order valence-corrected chi connectivity index (χ3v) is 4.15. The van der Waals surface area contributed by atoms with Crippen LogP contribution < -0.4 is 10.9 Å². The van der Waals surface area contributed by atoms with Crippen molar-refractivity contribution in [3.8, 4) is 0 Å². The molecule has 0 atom stereocenters. The number of nitrogens with one attached hydrogen (secondary N) is 2. The molecule has 152 valence electrons. The Labute approximate surface area is 163 Å². The van der Waals surface area contributed by atoms with E-state index in [1.807, 2.05) is 0 Å². The second-order valence-corrected chi connectivity index (χ2v) is 6.42. The lowest BCUT2D eigenvalue weighted by Gasteiger charge is -2.09. The zero-order chi connectivity index (χ0) is 20.9. The van der Waals surface area contributed by atoms with Gasteiger partial charge in [0, 0.05) is 11.9 Å². The van der Waals surface area contributed by atoms with Gasteiger partial charge in [-0.05, 0) is 17.2 Å². The number of halogens is 3. The lowest BCUT2D eigenvalue weighted by atomic mass is 10.1. The highest BCUT2D eigenvalue weighted by atomic mass is 19.4. The normalized spacial score (nSPS) is 11.6. The van der Waals surface area contributed by atoms with Crippen molar-refractivity contribution in [2.75, 3.05) is 6.61 Å². The van der Waals surface area contributed by atoms with E-state index in [9.17, 15) is 22.8 Å². The second-order valence-electron chi connectivity index (χ2n) is 6.42. The van der Waals surface area contributed by atoms with Crippen molar-refractivity contribution in [1.29, 1.82) is 0 Å². The van der Waals surface area contributed by atoms with Gasteiger partial charge in [0.1, 0.15) is 6.61 Å². The molecule has 1 heterocycles. The number of aromatic amines is 1. The van der Waals surface area contributed by atoms with Gasteiger partial charge < -0.3 is 10.1 Å². The molecule has 6 nitrogen and oxygen atoms in total. The maximum atomic E-state index is 12.2. The van der Waals surface area contributed by atoms with Crippen LogP contribution in [-0.4, -0.2) is 28.9 Å². The monoisotopic (exact) mass is 405 g/mol. The molecule has 0 aliphatic heterocycles. The molecule has 3 aromatic rings. The summed E-state index contributed by atoms with van der Waals surface area (Å²) in [4.78, 5) is 24.0. The van der Waals surface area contributed by atoms with Crippen molar-refractivity contribution in [2.24, 2.45) is 0 Å². The van der Waals surface area contributed by atoms with Crippen molar-refractivity contribution in [3.05, 3.63) is 75.7 Å². The fraction of sp³-hybridized carbons (Fsp3) is 0.250. The molecule has 0 aliphatic rings. The number of carbonyl (C=O) groups excluding carboxylic acids is 1. The van der Waals surface area contributed by atoms with Crippen LogP contribution in [0.25, 0.3) is 10.8 Å². The first kappa shape index (κ1) is 20.5. The van der Waals surface area contributed by atoms with Crippen LogP contribution >= 0.6 is 0 Å². The van der Waals surface area contributed by atoms with Crippen LogP contribution in [0.3, 0.4) is 0 Å². The van der Waals surface area contributed by atoms with Crippen LogP contribution in [0.4, 0.5) is 13.2 Å². The largest absolute Gasteiger partial charge is 0.411 e. The van der Waals surface area contributed by atoms with E-state index in [0.717, 1.165) is 5.56 Å². The van der Waals surface area contributed by atoms with Crippen LogP contribution in [0.5, 0.6) is 0 Å². The maximum absolute atomic E-state index is 12.2. The molecule has 1 aromatic heterocycles. The number of carbonyl (C=O) groups is 1. The number of hydrogen-bond donors (Lipinski definition) is 2. The lowest BCUT2D eigenvalue weighted by Crippen LogP contribution is -2.25. The number of fused-ring (bicyclic) bond motifs is 1. The summed E-state index contributed by atoms with van der Waals surface area (Å²) in [5.41, 5.74) is 1.55. The number of hydrogen-bond acceptors (Lipinski definition) is 4. The van der Waals surface area contributed by atoms with Crippen LogP contribution in [0, 0.1) is 0 Å². The molecule has 2 N–H and O–H groups in total. The van der Waals surface area contributed by atoms with Gasteiger partial charge in [-0.15, -0.1) is 0 Å². The van der Waals surface area contributed by atoms with Gasteiger partial charge in [0.15, 0.2) is 0 Å². The highest BCUT2D eigenvalue weighted by Crippen LogP contribution is 2.16. The van der Waals surface area contributed by atoms with Gasteiger partial charge in [-0.1, -0.05) is 42.5 Å². The average molecular weight is 405 g/mol. The Morgan fingerprint density at radius 3 is 2.38 bits per heavy atom. The van der Waals surface area contributed by atoms with E-state index in [1.54, 1.807) is 48.5 Å². The van der Waals surface area contributed by atoms with Gasteiger partial charge in [0.05, 0.1) is 24.1 Å². The van der Waals surface area contributed by atoms with Gasteiger partial charge in [0.2, 0.25) is 5.91 Å². The molecule has 0 saturated carbocycles. The Morgan fingerprint density at radius 1 is 1.03 bits per heavy atom. The lowest BCUT2D eigenvalue weighted by molar-refractivity contribution is -0.176. The standard InChI is InChI=1S/C20H18F3N3O3/c21-20(22,23)12-29-11-14-7-5-13(6-8-14)10-24-18(27)9-17-15-3-1-2-4-16(15)19(28)26-25-17/h1-8H,9-12H2,(H,24,27)(H,26,28). The van der Waals surface area contributed by atoms with E-state index < -0.39 is 12.8 Å². The third-order valence-electron chi connectivity index (χ3n) is 4.15. The second kappa shape index (κ2) is 8.87. The quantitative estimate of drug-likeness (QED) is 0.633. The molecule has 0 spiro atoms. The molecule has 0 radical (unpaired) electrons. The van der Waals surface area contributed by atoms with E-state index in [4.69, 9.17) is 0 Å². The van der Waals surface area contributed by atoms with Gasteiger partial charge in [-0.25, -0.2) is 5.10 Å². The van der Waals surface area contributed by atoms with E-state index in [0.29, 0.717) is 22.0 Å². The first-order chi connectivity index (χ1) is 13.8. The van der Waals surface area contributed by atoms with Crippen LogP contribution in [-0.2, 0) is 29.1 Å². The third kappa shape index (κ3) is 5.89. The van der Waals surface area contributed by atoms with Crippen molar-refractivity contribution in [2.45, 2.75) is 25.7 Å². The Hall–Kier alpha value is -3.20. The van der Waals surface area contributed by atoms with Gasteiger partial charge in [-0.3, -0.25) is 9.59 Å². The number of ether oxygens (including phenoxy) is 1. The fourth-order valence-electron chi connectivity index (χ4n) is 2.76. The molecule has 0 saturated heterocycles. The molecular weight excluding hydrogens is 387 g/mol. The van der Waals surface area contributed by atoms with Crippen LogP contribution in [0.15, 0.2) is 53.3 Å². The minimum Gasteiger partial charge on any atom is -0.367 e. The van der Waals surface area contributed by atoms with E-state index in [2.05, 4.69) is 20.3 Å². The van der Waals surface area contributed by atoms with E-state index >= 15 is 0 Å². The summed E-state index contributed by atoms with van der Waals surface area (Å²) in [6.45, 7) is -1.18. The summed E-state index contributed by atoms with van der Waals surface area (Å²) in [6.07, 6.45) is -4.35. The molecular formula is C20H18F3N3O3. The van der Waals surface area contributed by atoms with Gasteiger partial charge >= 0.3 is 6.18 Å². The molecule has 0 bridgehead atoms. The maximum Gasteiger partial charge on any atom is 0.411 e. The summed E-state index contributed by atoms with van der Waals surface area (Å²) >= 11 is 0. The van der Waals surface area contributed by atoms with Crippen molar-refractivity contribution >= 4 is 16.7 Å². The predicted octanol–water partition coefficient (Wildman–Crippen LogP) is 2.86. The van der Waals surface area contributed by atoms with Gasteiger partial charge in [-0.2, -0.15) is 18.3 Å². The molecule has 0 aliphatic carbocycles. The number of H-pyrrole nitrogens is 1. The number of aromatic nitrogens is 2. The summed E-state index contributed by atoms with van der Waals surface area (Å²) < 4.78 is 40.8. The summed E-state index contributed by atoms with van der Waals surface area (Å²) in [6, 6.07) is 13.6. The number of nitrogens with zero attached hydrogens (tertiary/aromatic N) is 1. The zero-order valence-electron chi connectivity index (χ0n) is 15.3. The Kier molecular flexibility index (Phi) is 6.28. The topological polar surface area (TPSA) is 84.1 Å². The molecule has 2 aromatic carbocycles. The molecule has 0 fully saturated rings. The average Bonchev–Trinajstić information content (AvgIpc) is 2.69. The van der Waals surface area contributed by atoms with E-state index in [-0.39, 0.29) is 31.0 Å². The first-order valence-electron chi connectivity index (χ1n) is 8.77. The minimum absolute atomic E-state index is 0.000654. The number of amides is 1.